The number of aromatic nitrogens is 5. The van der Waals surface area contributed by atoms with Crippen molar-refractivity contribution in [3.63, 3.8) is 0 Å². The van der Waals surface area contributed by atoms with Crippen LogP contribution in [0.3, 0.4) is 0 Å². The zero-order valence-corrected chi connectivity index (χ0v) is 15.8. The minimum atomic E-state index is -0.500. The van der Waals surface area contributed by atoms with E-state index in [4.69, 9.17) is 5.73 Å². The standard InChI is InChI=1S/C17H21N9O2/c1-4-11-5-7-12(8-6-11)9-19-21-17(27)14-13(10-25(2)3)26(24-20-14)16-15(18)22-28-23-16/h5-9H,4,10H2,1-3H3,(H2,18,22)(H,21,27)/b19-9+. The number of anilines is 1. The first-order valence-electron chi connectivity index (χ1n) is 8.59. The van der Waals surface area contributed by atoms with Gasteiger partial charge in [0.05, 0.1) is 11.9 Å². The summed E-state index contributed by atoms with van der Waals surface area (Å²) in [4.78, 5) is 14.4. The summed E-state index contributed by atoms with van der Waals surface area (Å²) in [6.45, 7) is 2.45. The number of hydrogen-bond donors (Lipinski definition) is 2. The fourth-order valence-electron chi connectivity index (χ4n) is 2.49. The quantitative estimate of drug-likeness (QED) is 0.447. The molecule has 0 bridgehead atoms. The minimum Gasteiger partial charge on any atom is -0.378 e. The van der Waals surface area contributed by atoms with Crippen LogP contribution in [-0.4, -0.2) is 56.4 Å². The van der Waals surface area contributed by atoms with Gasteiger partial charge in [0.2, 0.25) is 11.6 Å². The van der Waals surface area contributed by atoms with E-state index in [1.54, 1.807) is 6.21 Å². The number of nitrogens with zero attached hydrogens (tertiary/aromatic N) is 7. The van der Waals surface area contributed by atoms with E-state index in [9.17, 15) is 4.79 Å². The molecule has 0 spiro atoms. The molecule has 0 fully saturated rings. The molecule has 0 unspecified atom stereocenters. The van der Waals surface area contributed by atoms with Crippen molar-refractivity contribution in [1.29, 1.82) is 0 Å². The van der Waals surface area contributed by atoms with Crippen LogP contribution in [-0.2, 0) is 13.0 Å². The van der Waals surface area contributed by atoms with E-state index in [-0.39, 0.29) is 17.3 Å². The van der Waals surface area contributed by atoms with Crippen LogP contribution in [0.1, 0.15) is 34.2 Å². The third-order valence-electron chi connectivity index (χ3n) is 3.91. The molecular formula is C17H21N9O2. The van der Waals surface area contributed by atoms with Gasteiger partial charge in [-0.15, -0.1) is 5.10 Å². The van der Waals surface area contributed by atoms with Crippen LogP contribution >= 0.6 is 0 Å². The average molecular weight is 383 g/mol. The summed E-state index contributed by atoms with van der Waals surface area (Å²) < 4.78 is 5.94. The van der Waals surface area contributed by atoms with Crippen molar-refractivity contribution in [1.82, 2.24) is 35.6 Å². The Balaban J connectivity index is 1.79. The van der Waals surface area contributed by atoms with E-state index < -0.39 is 5.91 Å². The Morgan fingerprint density at radius 1 is 1.32 bits per heavy atom. The molecule has 28 heavy (non-hydrogen) atoms. The first kappa shape index (κ1) is 19.2. The van der Waals surface area contributed by atoms with E-state index in [0.717, 1.165) is 12.0 Å². The van der Waals surface area contributed by atoms with Gasteiger partial charge in [0.1, 0.15) is 0 Å². The number of carbonyl (C=O) groups excluding carboxylic acids is 1. The van der Waals surface area contributed by atoms with Gasteiger partial charge < -0.3 is 10.6 Å². The first-order chi connectivity index (χ1) is 13.5. The van der Waals surface area contributed by atoms with Crippen LogP contribution < -0.4 is 11.2 Å². The predicted molar refractivity (Wildman–Crippen MR) is 102 cm³/mol. The lowest BCUT2D eigenvalue weighted by Gasteiger charge is -2.11. The van der Waals surface area contributed by atoms with E-state index >= 15 is 0 Å². The normalized spacial score (nSPS) is 11.4. The highest BCUT2D eigenvalue weighted by Gasteiger charge is 2.24. The summed E-state index contributed by atoms with van der Waals surface area (Å²) in [6, 6.07) is 7.89. The topological polar surface area (TPSA) is 140 Å². The van der Waals surface area contributed by atoms with Crippen molar-refractivity contribution in [3.05, 3.63) is 46.8 Å². The van der Waals surface area contributed by atoms with Crippen LogP contribution in [0.15, 0.2) is 34.0 Å². The summed E-state index contributed by atoms with van der Waals surface area (Å²) in [6.07, 6.45) is 2.52. The van der Waals surface area contributed by atoms with Crippen LogP contribution in [0.5, 0.6) is 0 Å². The van der Waals surface area contributed by atoms with Crippen LogP contribution in [0.2, 0.25) is 0 Å². The number of hydrogen-bond acceptors (Lipinski definition) is 9. The molecule has 1 amide bonds. The Labute approximate surface area is 161 Å². The number of amides is 1. The molecule has 0 radical (unpaired) electrons. The number of benzene rings is 1. The monoisotopic (exact) mass is 383 g/mol. The number of rotatable bonds is 7. The van der Waals surface area contributed by atoms with Crippen molar-refractivity contribution in [2.24, 2.45) is 5.10 Å². The maximum absolute atomic E-state index is 12.6. The molecule has 146 valence electrons. The molecule has 1 aromatic carbocycles. The second-order valence-corrected chi connectivity index (χ2v) is 6.30. The van der Waals surface area contributed by atoms with Crippen molar-refractivity contribution in [2.45, 2.75) is 19.9 Å². The molecule has 0 atom stereocenters. The molecule has 2 aromatic heterocycles. The molecule has 11 heteroatoms. The summed E-state index contributed by atoms with van der Waals surface area (Å²) >= 11 is 0. The van der Waals surface area contributed by atoms with Gasteiger partial charge in [-0.2, -0.15) is 9.78 Å². The van der Waals surface area contributed by atoms with Gasteiger partial charge >= 0.3 is 0 Å². The minimum absolute atomic E-state index is 0.0467. The molecule has 0 aliphatic heterocycles. The highest BCUT2D eigenvalue weighted by Crippen LogP contribution is 2.16. The van der Waals surface area contributed by atoms with E-state index in [0.29, 0.717) is 12.2 Å². The lowest BCUT2D eigenvalue weighted by molar-refractivity contribution is 0.0948. The Morgan fingerprint density at radius 3 is 2.68 bits per heavy atom. The second-order valence-electron chi connectivity index (χ2n) is 6.30. The number of nitrogens with one attached hydrogen (secondary N) is 1. The fraction of sp³-hybridized carbons (Fsp3) is 0.294. The van der Waals surface area contributed by atoms with Crippen LogP contribution in [0.25, 0.3) is 5.82 Å². The summed E-state index contributed by atoms with van der Waals surface area (Å²) in [5.74, 6) is -0.284. The predicted octanol–water partition coefficient (Wildman–Crippen LogP) is 0.620. The fourth-order valence-corrected chi connectivity index (χ4v) is 2.49. The van der Waals surface area contributed by atoms with Crippen LogP contribution in [0, 0.1) is 0 Å². The smallest absolute Gasteiger partial charge is 0.293 e. The third kappa shape index (κ3) is 4.20. The molecule has 2 heterocycles. The van der Waals surface area contributed by atoms with Gasteiger partial charge in [-0.25, -0.2) is 10.1 Å². The Kier molecular flexibility index (Phi) is 5.75. The number of carbonyl (C=O) groups is 1. The molecule has 0 aliphatic carbocycles. The molecule has 0 saturated heterocycles. The molecule has 3 rings (SSSR count). The maximum atomic E-state index is 12.6. The SMILES string of the molecule is CCc1ccc(/C=N/NC(=O)c2nnn(-c3nonc3N)c2CN(C)C)cc1. The van der Waals surface area contributed by atoms with E-state index in [1.165, 1.54) is 10.2 Å². The van der Waals surface area contributed by atoms with Crippen molar-refractivity contribution >= 4 is 17.9 Å². The van der Waals surface area contributed by atoms with Crippen molar-refractivity contribution < 1.29 is 9.42 Å². The molecular weight excluding hydrogens is 362 g/mol. The van der Waals surface area contributed by atoms with Crippen molar-refractivity contribution in [2.75, 3.05) is 19.8 Å². The van der Waals surface area contributed by atoms with Crippen molar-refractivity contribution in [3.8, 4) is 5.82 Å². The highest BCUT2D eigenvalue weighted by atomic mass is 16.6. The third-order valence-corrected chi connectivity index (χ3v) is 3.91. The van der Waals surface area contributed by atoms with E-state index in [1.807, 2.05) is 43.3 Å². The first-order valence-corrected chi connectivity index (χ1v) is 8.59. The lowest BCUT2D eigenvalue weighted by Crippen LogP contribution is -2.23. The average Bonchev–Trinajstić information content (AvgIpc) is 3.27. The molecule has 0 aliphatic rings. The summed E-state index contributed by atoms with van der Waals surface area (Å²) in [5.41, 5.74) is 10.9. The van der Waals surface area contributed by atoms with Gasteiger partial charge in [0.25, 0.3) is 5.91 Å². The second kappa shape index (κ2) is 8.39. The van der Waals surface area contributed by atoms with Crippen LogP contribution in [0.4, 0.5) is 5.82 Å². The van der Waals surface area contributed by atoms with Gasteiger partial charge in [0, 0.05) is 6.54 Å². The number of nitrogens with two attached hydrogens (primary N) is 1. The van der Waals surface area contributed by atoms with E-state index in [2.05, 4.69) is 42.7 Å². The zero-order valence-electron chi connectivity index (χ0n) is 15.8. The maximum Gasteiger partial charge on any atom is 0.293 e. The van der Waals surface area contributed by atoms with Gasteiger partial charge in [-0.1, -0.05) is 36.4 Å². The summed E-state index contributed by atoms with van der Waals surface area (Å²) in [7, 11) is 3.70. The Morgan fingerprint density at radius 2 is 2.07 bits per heavy atom. The largest absolute Gasteiger partial charge is 0.378 e. The highest BCUT2D eigenvalue weighted by molar-refractivity contribution is 5.94. The molecule has 11 nitrogen and oxygen atoms in total. The molecule has 3 N–H and O–H groups in total. The molecule has 3 aromatic rings. The van der Waals surface area contributed by atoms with Gasteiger partial charge in [-0.3, -0.25) is 4.79 Å². The number of nitrogen functional groups attached to an aromatic ring is 1. The lowest BCUT2D eigenvalue weighted by atomic mass is 10.1. The Hall–Kier alpha value is -3.60. The molecule has 0 saturated carbocycles. The van der Waals surface area contributed by atoms with Gasteiger partial charge in [0.15, 0.2) is 5.69 Å². The summed E-state index contributed by atoms with van der Waals surface area (Å²) in [5, 5.41) is 19.2. The zero-order chi connectivity index (χ0) is 20.1. The Bertz CT molecular complexity index is 973. The number of aryl methyl sites for hydroxylation is 1. The van der Waals surface area contributed by atoms with Gasteiger partial charge in [-0.05, 0) is 42.0 Å². The number of hydrazone groups is 1.